The lowest BCUT2D eigenvalue weighted by Crippen LogP contribution is -2.61. The number of fused-ring (bicyclic) bond motifs is 5. The molecule has 12 atom stereocenters. The van der Waals surface area contributed by atoms with E-state index in [1.54, 1.807) is 0 Å². The fourth-order valence-corrected chi connectivity index (χ4v) is 7.81. The first kappa shape index (κ1) is 24.8. The van der Waals surface area contributed by atoms with E-state index in [4.69, 9.17) is 14.2 Å². The third-order valence-corrected chi connectivity index (χ3v) is 9.94. The molecule has 0 radical (unpaired) electrons. The predicted molar refractivity (Wildman–Crippen MR) is 122 cm³/mol. The van der Waals surface area contributed by atoms with E-state index in [1.165, 1.54) is 11.1 Å². The lowest BCUT2D eigenvalue weighted by atomic mass is 9.45. The summed E-state index contributed by atoms with van der Waals surface area (Å²) in [6.45, 7) is 8.88. The van der Waals surface area contributed by atoms with E-state index in [-0.39, 0.29) is 24.0 Å². The Morgan fingerprint density at radius 1 is 1.09 bits per heavy atom. The van der Waals surface area contributed by atoms with Gasteiger partial charge < -0.3 is 39.7 Å². The molecule has 0 amide bonds. The largest absolute Gasteiger partial charge is 0.394 e. The van der Waals surface area contributed by atoms with Crippen LogP contribution in [0.15, 0.2) is 23.8 Å². The van der Waals surface area contributed by atoms with Crippen LogP contribution >= 0.6 is 0 Å². The molecule has 192 valence electrons. The van der Waals surface area contributed by atoms with Gasteiger partial charge in [-0.15, -0.1) is 0 Å². The van der Waals surface area contributed by atoms with Crippen LogP contribution in [-0.4, -0.2) is 88.3 Å². The third kappa shape index (κ3) is 3.65. The van der Waals surface area contributed by atoms with Crippen LogP contribution in [0.5, 0.6) is 0 Å². The van der Waals surface area contributed by atoms with Crippen LogP contribution < -0.4 is 0 Å². The van der Waals surface area contributed by atoms with Crippen LogP contribution in [0.3, 0.4) is 0 Å². The van der Waals surface area contributed by atoms with Crippen LogP contribution in [0.4, 0.5) is 0 Å². The van der Waals surface area contributed by atoms with E-state index in [1.807, 2.05) is 6.92 Å². The second-order valence-electron chi connectivity index (χ2n) is 11.7. The first-order valence-electron chi connectivity index (χ1n) is 12.7. The van der Waals surface area contributed by atoms with Crippen LogP contribution in [-0.2, 0) is 14.2 Å². The maximum Gasteiger partial charge on any atom is 0.186 e. The predicted octanol–water partition coefficient (Wildman–Crippen LogP) is 0.898. The van der Waals surface area contributed by atoms with Crippen molar-refractivity contribution >= 4 is 0 Å². The van der Waals surface area contributed by atoms with E-state index in [0.29, 0.717) is 24.9 Å². The highest BCUT2D eigenvalue weighted by atomic mass is 16.7. The summed E-state index contributed by atoms with van der Waals surface area (Å²) in [7, 11) is 0. The SMILES string of the molecule is C=C1CO[C@H]2C3=CC[C@@H]4[C@](C)(CC[C@@H](O)[C@]4(C)CO[C@@H]4O[C@H](CO)[C@@H](O)[C@H](O)[C@H]4O)[C@H]3CC[C@H]12. The highest BCUT2D eigenvalue weighted by Crippen LogP contribution is 2.63. The van der Waals surface area contributed by atoms with Gasteiger partial charge in [-0.1, -0.05) is 26.5 Å². The Morgan fingerprint density at radius 3 is 2.59 bits per heavy atom. The molecule has 0 aromatic carbocycles. The molecule has 3 aliphatic carbocycles. The van der Waals surface area contributed by atoms with Crippen molar-refractivity contribution in [2.24, 2.45) is 28.6 Å². The third-order valence-electron chi connectivity index (χ3n) is 9.94. The molecule has 2 heterocycles. The number of rotatable bonds is 4. The Morgan fingerprint density at radius 2 is 1.85 bits per heavy atom. The molecule has 0 aromatic rings. The van der Waals surface area contributed by atoms with Crippen LogP contribution in [0.2, 0.25) is 0 Å². The number of hydrogen-bond donors (Lipinski definition) is 5. The van der Waals surface area contributed by atoms with Gasteiger partial charge in [-0.2, -0.15) is 0 Å². The Kier molecular flexibility index (Phi) is 6.52. The van der Waals surface area contributed by atoms with Crippen LogP contribution in [0, 0.1) is 28.6 Å². The molecule has 5 rings (SSSR count). The van der Waals surface area contributed by atoms with Gasteiger partial charge in [0.05, 0.1) is 32.0 Å². The summed E-state index contributed by atoms with van der Waals surface area (Å²) in [6, 6.07) is 0. The number of aliphatic hydroxyl groups is 5. The van der Waals surface area contributed by atoms with E-state index >= 15 is 0 Å². The molecular weight excluding hydrogens is 440 g/mol. The number of hydrogen-bond acceptors (Lipinski definition) is 8. The van der Waals surface area contributed by atoms with Crippen molar-refractivity contribution in [3.8, 4) is 0 Å². The summed E-state index contributed by atoms with van der Waals surface area (Å²) in [5.74, 6) is 0.957. The average Bonchev–Trinajstić information content (AvgIpc) is 3.21. The van der Waals surface area contributed by atoms with Crippen molar-refractivity contribution < 1.29 is 39.7 Å². The lowest BCUT2D eigenvalue weighted by molar-refractivity contribution is -0.312. The minimum atomic E-state index is -1.48. The molecular formula is C26H40O8. The normalized spacial score (nSPS) is 53.0. The molecule has 8 heteroatoms. The minimum absolute atomic E-state index is 0.0188. The van der Waals surface area contributed by atoms with Crippen molar-refractivity contribution in [1.29, 1.82) is 0 Å². The zero-order valence-corrected chi connectivity index (χ0v) is 20.2. The first-order valence-corrected chi connectivity index (χ1v) is 12.7. The molecule has 34 heavy (non-hydrogen) atoms. The van der Waals surface area contributed by atoms with Crippen LogP contribution in [0.25, 0.3) is 0 Å². The van der Waals surface area contributed by atoms with Crippen molar-refractivity contribution in [3.63, 3.8) is 0 Å². The van der Waals surface area contributed by atoms with Crippen molar-refractivity contribution in [1.82, 2.24) is 0 Å². The van der Waals surface area contributed by atoms with Gasteiger partial charge >= 0.3 is 0 Å². The van der Waals surface area contributed by atoms with E-state index < -0.39 is 48.8 Å². The topological polar surface area (TPSA) is 129 Å². The number of aliphatic hydroxyl groups excluding tert-OH is 5. The summed E-state index contributed by atoms with van der Waals surface area (Å²) in [4.78, 5) is 0. The van der Waals surface area contributed by atoms with Gasteiger partial charge in [0.15, 0.2) is 6.29 Å². The van der Waals surface area contributed by atoms with Gasteiger partial charge in [-0.3, -0.25) is 0 Å². The zero-order chi connectivity index (χ0) is 24.4. The van der Waals surface area contributed by atoms with Crippen molar-refractivity contribution in [3.05, 3.63) is 23.8 Å². The summed E-state index contributed by atoms with van der Waals surface area (Å²) in [5.41, 5.74) is 2.00. The fourth-order valence-electron chi connectivity index (χ4n) is 7.81. The Bertz CT molecular complexity index is 828. The van der Waals surface area contributed by atoms with E-state index in [0.717, 1.165) is 25.7 Å². The summed E-state index contributed by atoms with van der Waals surface area (Å²) >= 11 is 0. The summed E-state index contributed by atoms with van der Waals surface area (Å²) in [6.07, 6.45) is -0.134. The second kappa shape index (κ2) is 8.92. The maximum atomic E-state index is 11.2. The van der Waals surface area contributed by atoms with Crippen molar-refractivity contribution in [2.75, 3.05) is 19.8 Å². The summed E-state index contributed by atoms with van der Waals surface area (Å²) < 4.78 is 17.7. The Balaban J connectivity index is 1.37. The Labute approximate surface area is 201 Å². The first-order chi connectivity index (χ1) is 16.1. The molecule has 0 spiro atoms. The zero-order valence-electron chi connectivity index (χ0n) is 20.2. The van der Waals surface area contributed by atoms with Gasteiger partial charge in [0, 0.05) is 11.3 Å². The molecule has 2 saturated heterocycles. The lowest BCUT2D eigenvalue weighted by Gasteiger charge is -2.61. The Hall–Kier alpha value is -0.840. The molecule has 8 nitrogen and oxygen atoms in total. The van der Waals surface area contributed by atoms with Gasteiger partial charge in [-0.25, -0.2) is 0 Å². The van der Waals surface area contributed by atoms with Crippen LogP contribution in [0.1, 0.15) is 46.0 Å². The van der Waals surface area contributed by atoms with Gasteiger partial charge in [0.1, 0.15) is 24.4 Å². The molecule has 0 aromatic heterocycles. The molecule has 0 unspecified atom stereocenters. The average molecular weight is 481 g/mol. The van der Waals surface area contributed by atoms with E-state index in [9.17, 15) is 25.5 Å². The molecule has 4 fully saturated rings. The quantitative estimate of drug-likeness (QED) is 0.376. The van der Waals surface area contributed by atoms with Gasteiger partial charge in [-0.05, 0) is 60.5 Å². The van der Waals surface area contributed by atoms with Crippen molar-refractivity contribution in [2.45, 2.75) is 88.9 Å². The number of ether oxygens (including phenoxy) is 3. The number of allylic oxidation sites excluding steroid dienone is 1. The second-order valence-corrected chi connectivity index (χ2v) is 11.7. The summed E-state index contributed by atoms with van der Waals surface area (Å²) in [5, 5.41) is 51.2. The standard InChI is InChI=1S/C26H40O8/c1-13-11-32-23-14(13)4-6-16-15(23)5-7-18-25(16,2)9-8-19(28)26(18,3)12-33-24-22(31)21(30)20(29)17(10-27)34-24/h5,14,16-24,27-31H,1,4,6-12H2,2-3H3/t14-,16+,17-,18-,19-,20-,21+,22-,23-,24-,25-,26-/m1/s1. The molecule has 0 bridgehead atoms. The van der Waals surface area contributed by atoms with Gasteiger partial charge in [0.2, 0.25) is 0 Å². The monoisotopic (exact) mass is 480 g/mol. The smallest absolute Gasteiger partial charge is 0.186 e. The van der Waals surface area contributed by atoms with E-state index in [2.05, 4.69) is 19.6 Å². The van der Waals surface area contributed by atoms with Gasteiger partial charge in [0.25, 0.3) is 0 Å². The minimum Gasteiger partial charge on any atom is -0.394 e. The highest BCUT2D eigenvalue weighted by Gasteiger charge is 2.60. The molecule has 5 N–H and O–H groups in total. The highest BCUT2D eigenvalue weighted by molar-refractivity contribution is 5.31. The molecule has 5 aliphatic rings. The molecule has 2 saturated carbocycles. The maximum absolute atomic E-state index is 11.2. The molecule has 2 aliphatic heterocycles. The fraction of sp³-hybridized carbons (Fsp3) is 0.846.